The van der Waals surface area contributed by atoms with Crippen LogP contribution in [-0.4, -0.2) is 43.1 Å². The molecule has 19 heavy (non-hydrogen) atoms. The van der Waals surface area contributed by atoms with Gasteiger partial charge in [0, 0.05) is 30.9 Å². The molecule has 1 heterocycles. The topological polar surface area (TPSA) is 32.5 Å². The average Bonchev–Trinajstić information content (AvgIpc) is 2.37. The molecule has 0 spiro atoms. The van der Waals surface area contributed by atoms with Crippen molar-refractivity contribution in [1.29, 1.82) is 0 Å². The van der Waals surface area contributed by atoms with Gasteiger partial charge in [-0.3, -0.25) is 0 Å². The largest absolute Gasteiger partial charge is 0.389 e. The zero-order valence-electron chi connectivity index (χ0n) is 11.4. The van der Waals surface area contributed by atoms with Gasteiger partial charge in [0.1, 0.15) is 10.8 Å². The summed E-state index contributed by atoms with van der Waals surface area (Å²) in [6.45, 7) is 2.14. The van der Waals surface area contributed by atoms with Crippen LogP contribution < -0.4 is 10.6 Å². The minimum atomic E-state index is -0.305. The summed E-state index contributed by atoms with van der Waals surface area (Å²) in [7, 11) is 4.15. The van der Waals surface area contributed by atoms with Crippen molar-refractivity contribution in [3.63, 3.8) is 0 Å². The molecule has 2 rings (SSSR count). The first-order chi connectivity index (χ1) is 8.99. The number of benzene rings is 1. The van der Waals surface area contributed by atoms with Crippen LogP contribution in [0.25, 0.3) is 0 Å². The van der Waals surface area contributed by atoms with Crippen LogP contribution in [0.4, 0.5) is 10.1 Å². The number of likely N-dealkylation sites (N-methyl/N-ethyl adjacent to an activating group) is 2. The third-order valence-corrected chi connectivity index (χ3v) is 3.97. The molecule has 0 aliphatic carbocycles. The molecule has 1 atom stereocenters. The van der Waals surface area contributed by atoms with E-state index < -0.39 is 0 Å². The Bertz CT molecular complexity index is 478. The number of hydrogen-bond donors (Lipinski definition) is 1. The van der Waals surface area contributed by atoms with Crippen LogP contribution in [0.5, 0.6) is 0 Å². The monoisotopic (exact) mass is 281 g/mol. The molecular weight excluding hydrogens is 261 g/mol. The predicted octanol–water partition coefficient (Wildman–Crippen LogP) is 1.99. The molecule has 0 aromatic heterocycles. The van der Waals surface area contributed by atoms with Gasteiger partial charge in [0.05, 0.1) is 0 Å². The molecule has 1 aromatic carbocycles. The van der Waals surface area contributed by atoms with E-state index in [0.29, 0.717) is 11.6 Å². The minimum Gasteiger partial charge on any atom is -0.389 e. The van der Waals surface area contributed by atoms with E-state index in [2.05, 4.69) is 16.8 Å². The Morgan fingerprint density at radius 1 is 1.53 bits per heavy atom. The first-order valence-corrected chi connectivity index (χ1v) is 6.90. The Labute approximate surface area is 119 Å². The van der Waals surface area contributed by atoms with Crippen molar-refractivity contribution >= 4 is 22.9 Å². The second-order valence-corrected chi connectivity index (χ2v) is 5.63. The van der Waals surface area contributed by atoms with Crippen molar-refractivity contribution in [2.75, 3.05) is 32.1 Å². The smallest absolute Gasteiger partial charge is 0.124 e. The van der Waals surface area contributed by atoms with Gasteiger partial charge in [0.25, 0.3) is 0 Å². The Kier molecular flexibility index (Phi) is 4.37. The fourth-order valence-electron chi connectivity index (χ4n) is 2.67. The van der Waals surface area contributed by atoms with Crippen molar-refractivity contribution in [3.05, 3.63) is 29.6 Å². The number of nitrogens with zero attached hydrogens (tertiary/aromatic N) is 2. The SMILES string of the molecule is CN1CCCC(N(C)c2ccc(F)cc2C(N)=S)C1. The summed E-state index contributed by atoms with van der Waals surface area (Å²) >= 11 is 5.03. The minimum absolute atomic E-state index is 0.241. The molecular formula is C14H20FN3S. The summed E-state index contributed by atoms with van der Waals surface area (Å²) in [4.78, 5) is 4.73. The van der Waals surface area contributed by atoms with Crippen LogP contribution in [-0.2, 0) is 0 Å². The molecule has 3 nitrogen and oxygen atoms in total. The molecule has 0 amide bonds. The zero-order valence-corrected chi connectivity index (χ0v) is 12.2. The number of anilines is 1. The summed E-state index contributed by atoms with van der Waals surface area (Å²) in [5, 5.41) is 0. The quantitative estimate of drug-likeness (QED) is 0.859. The number of thiocarbonyl (C=S) groups is 1. The third-order valence-electron chi connectivity index (χ3n) is 3.75. The Morgan fingerprint density at radius 2 is 2.26 bits per heavy atom. The van der Waals surface area contributed by atoms with Crippen LogP contribution in [0.2, 0.25) is 0 Å². The van der Waals surface area contributed by atoms with E-state index in [9.17, 15) is 4.39 Å². The van der Waals surface area contributed by atoms with Gasteiger partial charge in [-0.25, -0.2) is 4.39 Å². The average molecular weight is 281 g/mol. The normalized spacial score (nSPS) is 20.3. The molecule has 1 unspecified atom stereocenters. The van der Waals surface area contributed by atoms with Gasteiger partial charge in [-0.15, -0.1) is 0 Å². The first kappa shape index (κ1) is 14.2. The zero-order chi connectivity index (χ0) is 14.0. The second-order valence-electron chi connectivity index (χ2n) is 5.19. The van der Waals surface area contributed by atoms with Crippen molar-refractivity contribution in [1.82, 2.24) is 4.90 Å². The van der Waals surface area contributed by atoms with Crippen LogP contribution in [0, 0.1) is 5.82 Å². The van der Waals surface area contributed by atoms with Crippen LogP contribution >= 0.6 is 12.2 Å². The molecule has 2 N–H and O–H groups in total. The van der Waals surface area contributed by atoms with Crippen LogP contribution in [0.3, 0.4) is 0 Å². The van der Waals surface area contributed by atoms with Crippen molar-refractivity contribution in [3.8, 4) is 0 Å². The molecule has 0 saturated carbocycles. The molecule has 1 aliphatic heterocycles. The van der Waals surface area contributed by atoms with Gasteiger partial charge in [-0.05, 0) is 44.6 Å². The molecule has 1 aromatic rings. The fourth-order valence-corrected chi connectivity index (χ4v) is 2.83. The second kappa shape index (κ2) is 5.84. The number of rotatable bonds is 3. The first-order valence-electron chi connectivity index (χ1n) is 6.50. The summed E-state index contributed by atoms with van der Waals surface area (Å²) in [6.07, 6.45) is 2.31. The number of hydrogen-bond acceptors (Lipinski definition) is 3. The van der Waals surface area contributed by atoms with E-state index in [1.54, 1.807) is 6.07 Å². The van der Waals surface area contributed by atoms with E-state index in [-0.39, 0.29) is 10.8 Å². The van der Waals surface area contributed by atoms with Gasteiger partial charge >= 0.3 is 0 Å². The third kappa shape index (κ3) is 3.22. The maximum Gasteiger partial charge on any atom is 0.124 e. The van der Waals surface area contributed by atoms with Gasteiger partial charge in [-0.2, -0.15) is 0 Å². The van der Waals surface area contributed by atoms with Crippen LogP contribution in [0.1, 0.15) is 18.4 Å². The maximum absolute atomic E-state index is 13.3. The summed E-state index contributed by atoms with van der Waals surface area (Å²) in [5.74, 6) is -0.305. The lowest BCUT2D eigenvalue weighted by Gasteiger charge is -2.37. The summed E-state index contributed by atoms with van der Waals surface area (Å²) in [6, 6.07) is 5.05. The Balaban J connectivity index is 2.27. The Hall–Kier alpha value is -1.20. The maximum atomic E-state index is 13.3. The van der Waals surface area contributed by atoms with Crippen LogP contribution in [0.15, 0.2) is 18.2 Å². The van der Waals surface area contributed by atoms with E-state index in [0.717, 1.165) is 25.2 Å². The molecule has 1 saturated heterocycles. The molecule has 1 aliphatic rings. The van der Waals surface area contributed by atoms with Gasteiger partial charge in [0.2, 0.25) is 0 Å². The molecule has 0 bridgehead atoms. The van der Waals surface area contributed by atoms with Crippen molar-refractivity contribution < 1.29 is 4.39 Å². The van der Waals surface area contributed by atoms with Crippen molar-refractivity contribution in [2.45, 2.75) is 18.9 Å². The van der Waals surface area contributed by atoms with E-state index in [1.165, 1.54) is 18.6 Å². The highest BCUT2D eigenvalue weighted by Crippen LogP contribution is 2.25. The molecule has 0 radical (unpaired) electrons. The highest BCUT2D eigenvalue weighted by molar-refractivity contribution is 7.80. The molecule has 5 heteroatoms. The molecule has 104 valence electrons. The fraction of sp³-hybridized carbons (Fsp3) is 0.500. The number of piperidine rings is 1. The lowest BCUT2D eigenvalue weighted by molar-refractivity contribution is 0.248. The van der Waals surface area contributed by atoms with Gasteiger partial charge in [-0.1, -0.05) is 12.2 Å². The van der Waals surface area contributed by atoms with E-state index >= 15 is 0 Å². The summed E-state index contributed by atoms with van der Waals surface area (Å²) in [5.41, 5.74) is 7.23. The number of halogens is 1. The van der Waals surface area contributed by atoms with Gasteiger partial charge < -0.3 is 15.5 Å². The number of nitrogens with two attached hydrogens (primary N) is 1. The Morgan fingerprint density at radius 3 is 2.89 bits per heavy atom. The predicted molar refractivity (Wildman–Crippen MR) is 81.2 cm³/mol. The van der Waals surface area contributed by atoms with Gasteiger partial charge in [0.15, 0.2) is 0 Å². The highest BCUT2D eigenvalue weighted by atomic mass is 32.1. The van der Waals surface area contributed by atoms with E-state index in [4.69, 9.17) is 18.0 Å². The molecule has 1 fully saturated rings. The highest BCUT2D eigenvalue weighted by Gasteiger charge is 2.23. The lowest BCUT2D eigenvalue weighted by atomic mass is 10.0. The van der Waals surface area contributed by atoms with Crippen molar-refractivity contribution in [2.24, 2.45) is 5.73 Å². The number of likely N-dealkylation sites (tertiary alicyclic amines) is 1. The lowest BCUT2D eigenvalue weighted by Crippen LogP contribution is -2.45. The standard InChI is InChI=1S/C14H20FN3S/c1-17-7-3-4-11(9-17)18(2)13-6-5-10(15)8-12(13)14(16)19/h5-6,8,11H,3-4,7,9H2,1-2H3,(H2,16,19). The van der Waals surface area contributed by atoms with E-state index in [1.807, 2.05) is 7.05 Å². The summed E-state index contributed by atoms with van der Waals surface area (Å²) < 4.78 is 13.3.